The fourth-order valence-electron chi connectivity index (χ4n) is 2.78. The molecule has 8 nitrogen and oxygen atoms in total. The number of nitrogens with zero attached hydrogens (tertiary/aromatic N) is 1. The second-order valence-electron chi connectivity index (χ2n) is 6.97. The van der Waals surface area contributed by atoms with Crippen molar-refractivity contribution in [3.63, 3.8) is 0 Å². The van der Waals surface area contributed by atoms with Gasteiger partial charge in [0.2, 0.25) is 5.91 Å². The van der Waals surface area contributed by atoms with Crippen LogP contribution in [0.3, 0.4) is 0 Å². The number of halogens is 1. The van der Waals surface area contributed by atoms with Gasteiger partial charge in [-0.25, -0.2) is 9.78 Å². The molecule has 0 saturated heterocycles. The number of carbonyl (C=O) groups is 2. The molecule has 1 aromatic carbocycles. The van der Waals surface area contributed by atoms with Crippen molar-refractivity contribution in [2.45, 2.75) is 39.0 Å². The molecule has 3 N–H and O–H groups in total. The number of carbonyl (C=O) groups excluding carboxylic acids is 2. The Morgan fingerprint density at radius 3 is 2.31 bits per heavy atom. The van der Waals surface area contributed by atoms with Crippen molar-refractivity contribution in [3.8, 4) is 11.3 Å². The van der Waals surface area contributed by atoms with E-state index in [0.29, 0.717) is 5.82 Å². The van der Waals surface area contributed by atoms with Gasteiger partial charge < -0.3 is 25.1 Å². The maximum atomic E-state index is 12.9. The molecule has 3 atom stereocenters. The Bertz CT molecular complexity index is 822. The second kappa shape index (κ2) is 10.4. The third-order valence-corrected chi connectivity index (χ3v) is 5.12. The summed E-state index contributed by atoms with van der Waals surface area (Å²) in [6, 6.07) is 6.56. The lowest BCUT2D eigenvalue weighted by Gasteiger charge is -2.27. The quantitative estimate of drug-likeness (QED) is 0.552. The lowest BCUT2D eigenvalue weighted by atomic mass is 10.0. The van der Waals surface area contributed by atoms with Crippen LogP contribution in [-0.2, 0) is 14.3 Å². The van der Waals surface area contributed by atoms with Crippen molar-refractivity contribution >= 4 is 27.9 Å². The van der Waals surface area contributed by atoms with Crippen LogP contribution in [0, 0.1) is 5.92 Å². The van der Waals surface area contributed by atoms with Gasteiger partial charge in [-0.3, -0.25) is 4.79 Å². The van der Waals surface area contributed by atoms with Gasteiger partial charge in [0.15, 0.2) is 0 Å². The normalized spacial score (nSPS) is 14.2. The lowest BCUT2D eigenvalue weighted by molar-refractivity contribution is -0.127. The first-order valence-electron chi connectivity index (χ1n) is 9.25. The van der Waals surface area contributed by atoms with E-state index >= 15 is 0 Å². The number of alkyl carbamates (subject to hydrolysis) is 1. The minimum absolute atomic E-state index is 0.0551. The van der Waals surface area contributed by atoms with Crippen LogP contribution in [0.4, 0.5) is 4.79 Å². The van der Waals surface area contributed by atoms with E-state index in [0.717, 1.165) is 15.7 Å². The Balaban J connectivity index is 2.21. The Kier molecular flexibility index (Phi) is 8.21. The van der Waals surface area contributed by atoms with Crippen LogP contribution in [0.25, 0.3) is 11.3 Å². The van der Waals surface area contributed by atoms with Crippen LogP contribution in [0.5, 0.6) is 0 Å². The van der Waals surface area contributed by atoms with Gasteiger partial charge in [0.1, 0.15) is 11.9 Å². The fraction of sp³-hybridized carbons (Fsp3) is 0.450. The summed E-state index contributed by atoms with van der Waals surface area (Å²) in [6.45, 7) is 5.66. The van der Waals surface area contributed by atoms with E-state index in [1.54, 1.807) is 13.1 Å². The highest BCUT2D eigenvalue weighted by Crippen LogP contribution is 2.24. The summed E-state index contributed by atoms with van der Waals surface area (Å²) in [7, 11) is 2.71. The number of ether oxygens (including phenoxy) is 2. The summed E-state index contributed by atoms with van der Waals surface area (Å²) in [4.78, 5) is 32.3. The minimum atomic E-state index is -0.908. The molecule has 0 spiro atoms. The number of amides is 2. The maximum Gasteiger partial charge on any atom is 0.407 e. The average molecular weight is 467 g/mol. The van der Waals surface area contributed by atoms with Crippen LogP contribution < -0.4 is 10.6 Å². The maximum absolute atomic E-state index is 12.9. The zero-order chi connectivity index (χ0) is 21.6. The largest absolute Gasteiger partial charge is 0.453 e. The first-order valence-corrected chi connectivity index (χ1v) is 10.0. The number of methoxy groups -OCH3 is 2. The van der Waals surface area contributed by atoms with Gasteiger partial charge in [-0.1, -0.05) is 41.9 Å². The van der Waals surface area contributed by atoms with Crippen LogP contribution >= 0.6 is 15.9 Å². The molecule has 9 heteroatoms. The number of imidazole rings is 1. The van der Waals surface area contributed by atoms with Gasteiger partial charge in [0, 0.05) is 11.6 Å². The molecular weight excluding hydrogens is 440 g/mol. The molecule has 0 aliphatic heterocycles. The first kappa shape index (κ1) is 22.9. The standard InChI is InChI=1S/C20H27BrN4O4/c1-11(2)16(24-19(26)17(12(3)28-4)25-20(27)29-5)18-22-10-15(23-18)13-6-8-14(21)9-7-13/h6-12,16-17H,1-5H3,(H,22,23)(H,24,26)(H,25,27)/t12-,16+,17+/m1/s1. The van der Waals surface area contributed by atoms with E-state index in [-0.39, 0.29) is 17.9 Å². The van der Waals surface area contributed by atoms with Crippen molar-refractivity contribution in [2.75, 3.05) is 14.2 Å². The van der Waals surface area contributed by atoms with Gasteiger partial charge in [-0.15, -0.1) is 0 Å². The van der Waals surface area contributed by atoms with Crippen LogP contribution in [0.1, 0.15) is 32.6 Å². The molecule has 2 amide bonds. The molecule has 0 aliphatic carbocycles. The highest BCUT2D eigenvalue weighted by atomic mass is 79.9. The number of hydrogen-bond acceptors (Lipinski definition) is 5. The number of H-pyrrole nitrogens is 1. The number of nitrogens with one attached hydrogen (secondary N) is 3. The summed E-state index contributed by atoms with van der Waals surface area (Å²) in [5.74, 6) is 0.303. The van der Waals surface area contributed by atoms with Crippen LogP contribution in [0.15, 0.2) is 34.9 Å². The topological polar surface area (TPSA) is 105 Å². The van der Waals surface area contributed by atoms with Gasteiger partial charge >= 0.3 is 6.09 Å². The first-order chi connectivity index (χ1) is 13.8. The summed E-state index contributed by atoms with van der Waals surface area (Å²) in [5.41, 5.74) is 1.83. The number of rotatable bonds is 8. The number of benzene rings is 1. The lowest BCUT2D eigenvalue weighted by Crippen LogP contribution is -2.54. The van der Waals surface area contributed by atoms with Crippen molar-refractivity contribution in [1.29, 1.82) is 0 Å². The molecule has 1 aromatic heterocycles. The average Bonchev–Trinajstić information content (AvgIpc) is 3.19. The summed E-state index contributed by atoms with van der Waals surface area (Å²) >= 11 is 3.42. The molecule has 158 valence electrons. The van der Waals surface area contributed by atoms with Gasteiger partial charge in [-0.2, -0.15) is 0 Å². The van der Waals surface area contributed by atoms with Crippen molar-refractivity contribution in [1.82, 2.24) is 20.6 Å². The zero-order valence-electron chi connectivity index (χ0n) is 17.2. The predicted octanol–water partition coefficient (Wildman–Crippen LogP) is 3.41. The monoisotopic (exact) mass is 466 g/mol. The van der Waals surface area contributed by atoms with Crippen molar-refractivity contribution < 1.29 is 19.1 Å². The van der Waals surface area contributed by atoms with Crippen molar-refractivity contribution in [3.05, 3.63) is 40.8 Å². The van der Waals surface area contributed by atoms with E-state index < -0.39 is 18.2 Å². The van der Waals surface area contributed by atoms with E-state index in [1.165, 1.54) is 14.2 Å². The molecule has 0 unspecified atom stereocenters. The van der Waals surface area contributed by atoms with Gasteiger partial charge in [0.25, 0.3) is 0 Å². The molecule has 1 heterocycles. The summed E-state index contributed by atoms with van der Waals surface area (Å²) in [6.07, 6.45) is 0.490. The molecule has 29 heavy (non-hydrogen) atoms. The van der Waals surface area contributed by atoms with Crippen LogP contribution in [-0.4, -0.2) is 48.3 Å². The molecule has 2 rings (SSSR count). The Morgan fingerprint density at radius 1 is 1.10 bits per heavy atom. The Hall–Kier alpha value is -2.39. The van der Waals surface area contributed by atoms with Gasteiger partial charge in [0.05, 0.1) is 31.1 Å². The van der Waals surface area contributed by atoms with Gasteiger partial charge in [-0.05, 0) is 30.5 Å². The molecule has 0 saturated carbocycles. The van der Waals surface area contributed by atoms with E-state index in [4.69, 9.17) is 4.74 Å². The van der Waals surface area contributed by atoms with E-state index in [1.807, 2.05) is 38.1 Å². The number of hydrogen-bond donors (Lipinski definition) is 3. The second-order valence-corrected chi connectivity index (χ2v) is 7.89. The summed E-state index contributed by atoms with van der Waals surface area (Å²) < 4.78 is 10.8. The minimum Gasteiger partial charge on any atom is -0.453 e. The van der Waals surface area contributed by atoms with E-state index in [9.17, 15) is 9.59 Å². The molecule has 2 aromatic rings. The molecule has 0 bridgehead atoms. The Labute approximate surface area is 178 Å². The number of aromatic nitrogens is 2. The predicted molar refractivity (Wildman–Crippen MR) is 113 cm³/mol. The molecule has 0 aliphatic rings. The van der Waals surface area contributed by atoms with Crippen molar-refractivity contribution in [2.24, 2.45) is 5.92 Å². The third kappa shape index (κ3) is 6.04. The fourth-order valence-corrected chi connectivity index (χ4v) is 3.05. The zero-order valence-corrected chi connectivity index (χ0v) is 18.7. The van der Waals surface area contributed by atoms with Crippen LogP contribution in [0.2, 0.25) is 0 Å². The summed E-state index contributed by atoms with van der Waals surface area (Å²) in [5, 5.41) is 5.48. The third-order valence-electron chi connectivity index (χ3n) is 4.59. The highest BCUT2D eigenvalue weighted by molar-refractivity contribution is 9.10. The van der Waals surface area contributed by atoms with E-state index in [2.05, 4.69) is 41.3 Å². The molecule has 0 radical (unpaired) electrons. The molecular formula is C20H27BrN4O4. The SMILES string of the molecule is COC(=O)N[C@H](C(=O)N[C@H](c1ncc(-c2ccc(Br)cc2)[nH]1)C(C)C)[C@@H](C)OC. The number of aromatic amines is 1. The Morgan fingerprint density at radius 2 is 1.76 bits per heavy atom. The smallest absolute Gasteiger partial charge is 0.407 e. The molecule has 0 fully saturated rings. The highest BCUT2D eigenvalue weighted by Gasteiger charge is 2.31.